The van der Waals surface area contributed by atoms with Crippen molar-refractivity contribution in [2.45, 2.75) is 50.8 Å². The molecule has 3 heteroatoms. The highest BCUT2D eigenvalue weighted by atomic mass is 16.5. The Morgan fingerprint density at radius 3 is 2.72 bits per heavy atom. The number of para-hydroxylation sites is 1. The van der Waals surface area contributed by atoms with E-state index in [0.717, 1.165) is 25.0 Å². The maximum Gasteiger partial charge on any atom is 0.119 e. The van der Waals surface area contributed by atoms with Gasteiger partial charge in [0, 0.05) is 18.0 Å². The molecule has 0 radical (unpaired) electrons. The average molecular weight is 249 g/mol. The first-order chi connectivity index (χ1) is 8.63. The molecule has 0 aromatic heterocycles. The van der Waals surface area contributed by atoms with E-state index in [1.54, 1.807) is 0 Å². The monoisotopic (exact) mass is 249 g/mol. The summed E-state index contributed by atoms with van der Waals surface area (Å²) in [5.41, 5.74) is -0.159. The first-order valence-electron chi connectivity index (χ1n) is 6.74. The number of benzene rings is 1. The Morgan fingerprint density at radius 1 is 1.39 bits per heavy atom. The zero-order valence-corrected chi connectivity index (χ0v) is 11.2. The lowest BCUT2D eigenvalue weighted by Gasteiger charge is -2.30. The lowest BCUT2D eigenvalue weighted by molar-refractivity contribution is 0.133. The standard InChI is InChI=1S/C15H23NO2/c1-12(2)16-15(11-17)9-8-14(10-15)18-13-6-4-3-5-7-13/h3-7,12,14,16-17H,8-11H2,1-2H3. The van der Waals surface area contributed by atoms with E-state index < -0.39 is 0 Å². The molecule has 2 rings (SSSR count). The van der Waals surface area contributed by atoms with Gasteiger partial charge in [0.15, 0.2) is 0 Å². The second-order valence-electron chi connectivity index (χ2n) is 5.53. The minimum Gasteiger partial charge on any atom is -0.490 e. The van der Waals surface area contributed by atoms with E-state index >= 15 is 0 Å². The second kappa shape index (κ2) is 5.72. The molecular formula is C15H23NO2. The van der Waals surface area contributed by atoms with Crippen molar-refractivity contribution < 1.29 is 9.84 Å². The Morgan fingerprint density at radius 2 is 2.11 bits per heavy atom. The van der Waals surface area contributed by atoms with Crippen molar-refractivity contribution in [3.05, 3.63) is 30.3 Å². The third-order valence-corrected chi connectivity index (χ3v) is 3.51. The molecule has 1 aromatic rings. The van der Waals surface area contributed by atoms with Gasteiger partial charge in [-0.2, -0.15) is 0 Å². The third kappa shape index (κ3) is 3.24. The highest BCUT2D eigenvalue weighted by Gasteiger charge is 2.39. The van der Waals surface area contributed by atoms with Crippen molar-refractivity contribution in [2.24, 2.45) is 0 Å². The van der Waals surface area contributed by atoms with E-state index in [0.29, 0.717) is 6.04 Å². The summed E-state index contributed by atoms with van der Waals surface area (Å²) in [4.78, 5) is 0. The van der Waals surface area contributed by atoms with Gasteiger partial charge in [-0.05, 0) is 25.0 Å². The second-order valence-corrected chi connectivity index (χ2v) is 5.53. The smallest absolute Gasteiger partial charge is 0.119 e. The van der Waals surface area contributed by atoms with Crippen molar-refractivity contribution in [2.75, 3.05) is 6.61 Å². The van der Waals surface area contributed by atoms with Gasteiger partial charge in [0.1, 0.15) is 11.9 Å². The van der Waals surface area contributed by atoms with E-state index in [1.807, 2.05) is 30.3 Å². The van der Waals surface area contributed by atoms with Gasteiger partial charge in [-0.3, -0.25) is 0 Å². The molecule has 1 aliphatic rings. The number of hydrogen-bond donors (Lipinski definition) is 2. The number of aliphatic hydroxyl groups excluding tert-OH is 1. The highest BCUT2D eigenvalue weighted by Crippen LogP contribution is 2.32. The molecule has 100 valence electrons. The van der Waals surface area contributed by atoms with E-state index in [-0.39, 0.29) is 18.2 Å². The predicted octanol–water partition coefficient (Wildman–Crippen LogP) is 2.35. The van der Waals surface area contributed by atoms with Crippen LogP contribution in [0.2, 0.25) is 0 Å². The minimum atomic E-state index is -0.159. The van der Waals surface area contributed by atoms with Gasteiger partial charge in [0.2, 0.25) is 0 Å². The van der Waals surface area contributed by atoms with Crippen LogP contribution < -0.4 is 10.1 Å². The molecule has 0 bridgehead atoms. The van der Waals surface area contributed by atoms with Gasteiger partial charge in [0.25, 0.3) is 0 Å². The third-order valence-electron chi connectivity index (χ3n) is 3.51. The van der Waals surface area contributed by atoms with Crippen molar-refractivity contribution >= 4 is 0 Å². The molecule has 0 spiro atoms. The number of aliphatic hydroxyl groups is 1. The molecule has 18 heavy (non-hydrogen) atoms. The molecule has 2 N–H and O–H groups in total. The molecule has 0 saturated heterocycles. The lowest BCUT2D eigenvalue weighted by atomic mass is 9.97. The van der Waals surface area contributed by atoms with Crippen molar-refractivity contribution in [1.29, 1.82) is 0 Å². The van der Waals surface area contributed by atoms with Gasteiger partial charge in [-0.15, -0.1) is 0 Å². The zero-order valence-electron chi connectivity index (χ0n) is 11.2. The maximum absolute atomic E-state index is 9.63. The topological polar surface area (TPSA) is 41.5 Å². The number of nitrogens with one attached hydrogen (secondary N) is 1. The van der Waals surface area contributed by atoms with E-state index in [4.69, 9.17) is 4.74 Å². The summed E-state index contributed by atoms with van der Waals surface area (Å²) in [7, 11) is 0. The SMILES string of the molecule is CC(C)NC1(CO)CCC(Oc2ccccc2)C1. The number of hydrogen-bond acceptors (Lipinski definition) is 3. The van der Waals surface area contributed by atoms with Crippen LogP contribution in [0.4, 0.5) is 0 Å². The Bertz CT molecular complexity index is 366. The maximum atomic E-state index is 9.63. The molecule has 0 heterocycles. The Balaban J connectivity index is 1.94. The Kier molecular flexibility index (Phi) is 4.25. The molecule has 1 saturated carbocycles. The summed E-state index contributed by atoms with van der Waals surface area (Å²) < 4.78 is 5.96. The fraction of sp³-hybridized carbons (Fsp3) is 0.600. The van der Waals surface area contributed by atoms with Gasteiger partial charge < -0.3 is 15.2 Å². The molecule has 1 aliphatic carbocycles. The molecule has 3 nitrogen and oxygen atoms in total. The van der Waals surface area contributed by atoms with Gasteiger partial charge in [-0.25, -0.2) is 0 Å². The first kappa shape index (κ1) is 13.4. The summed E-state index contributed by atoms with van der Waals surface area (Å²) in [5, 5.41) is 13.1. The van der Waals surface area contributed by atoms with Gasteiger partial charge >= 0.3 is 0 Å². The first-order valence-corrected chi connectivity index (χ1v) is 6.74. The van der Waals surface area contributed by atoms with Crippen LogP contribution in [0, 0.1) is 0 Å². The van der Waals surface area contributed by atoms with Gasteiger partial charge in [-0.1, -0.05) is 32.0 Å². The summed E-state index contributed by atoms with van der Waals surface area (Å²) in [6.07, 6.45) is 3.04. The van der Waals surface area contributed by atoms with Crippen LogP contribution in [0.3, 0.4) is 0 Å². The van der Waals surface area contributed by atoms with Crippen LogP contribution in [0.15, 0.2) is 30.3 Å². The Hall–Kier alpha value is -1.06. The molecular weight excluding hydrogens is 226 g/mol. The lowest BCUT2D eigenvalue weighted by Crippen LogP contribution is -2.50. The van der Waals surface area contributed by atoms with Crippen molar-refractivity contribution in [3.63, 3.8) is 0 Å². The summed E-state index contributed by atoms with van der Waals surface area (Å²) in [6, 6.07) is 10.3. The van der Waals surface area contributed by atoms with Crippen LogP contribution in [0.5, 0.6) is 5.75 Å². The molecule has 0 amide bonds. The van der Waals surface area contributed by atoms with E-state index in [2.05, 4.69) is 19.2 Å². The molecule has 2 unspecified atom stereocenters. The average Bonchev–Trinajstić information content (AvgIpc) is 2.73. The molecule has 1 fully saturated rings. The quantitative estimate of drug-likeness (QED) is 0.841. The highest BCUT2D eigenvalue weighted by molar-refractivity contribution is 5.21. The van der Waals surface area contributed by atoms with Crippen LogP contribution in [0.25, 0.3) is 0 Å². The van der Waals surface area contributed by atoms with Crippen molar-refractivity contribution in [3.8, 4) is 5.75 Å². The fourth-order valence-electron chi connectivity index (χ4n) is 2.80. The fourth-order valence-corrected chi connectivity index (χ4v) is 2.80. The van der Waals surface area contributed by atoms with Crippen LogP contribution in [-0.4, -0.2) is 29.4 Å². The van der Waals surface area contributed by atoms with Crippen LogP contribution in [0.1, 0.15) is 33.1 Å². The van der Waals surface area contributed by atoms with Crippen molar-refractivity contribution in [1.82, 2.24) is 5.32 Å². The summed E-state index contributed by atoms with van der Waals surface area (Å²) in [5.74, 6) is 0.917. The molecule has 1 aromatic carbocycles. The number of ether oxygens (including phenoxy) is 1. The predicted molar refractivity (Wildman–Crippen MR) is 72.8 cm³/mol. The summed E-state index contributed by atoms with van der Waals surface area (Å²) in [6.45, 7) is 4.41. The summed E-state index contributed by atoms with van der Waals surface area (Å²) >= 11 is 0. The van der Waals surface area contributed by atoms with E-state index in [9.17, 15) is 5.11 Å². The normalized spacial score (nSPS) is 27.7. The Labute approximate surface area is 109 Å². The molecule has 0 aliphatic heterocycles. The van der Waals surface area contributed by atoms with Crippen LogP contribution in [-0.2, 0) is 0 Å². The van der Waals surface area contributed by atoms with Crippen LogP contribution >= 0.6 is 0 Å². The largest absolute Gasteiger partial charge is 0.490 e. The minimum absolute atomic E-state index is 0.159. The van der Waals surface area contributed by atoms with Gasteiger partial charge in [0.05, 0.1) is 6.61 Å². The number of rotatable bonds is 5. The zero-order chi connectivity index (χ0) is 13.0. The molecule has 2 atom stereocenters. The van der Waals surface area contributed by atoms with E-state index in [1.165, 1.54) is 0 Å².